The molecule has 0 aliphatic carbocycles. The van der Waals surface area contributed by atoms with Crippen molar-refractivity contribution in [3.05, 3.63) is 89.0 Å². The molecule has 0 saturated heterocycles. The highest BCUT2D eigenvalue weighted by Crippen LogP contribution is 2.31. The molecule has 0 fully saturated rings. The highest BCUT2D eigenvalue weighted by Gasteiger charge is 2.07. The van der Waals surface area contributed by atoms with Crippen LogP contribution in [0.25, 0.3) is 0 Å². The van der Waals surface area contributed by atoms with E-state index < -0.39 is 0 Å². The lowest BCUT2D eigenvalue weighted by molar-refractivity contribution is 0.102. The Balaban J connectivity index is 1.70. The third-order valence-corrected chi connectivity index (χ3v) is 5.13. The lowest BCUT2D eigenvalue weighted by Crippen LogP contribution is -2.11. The maximum absolute atomic E-state index is 12.3. The number of anilines is 1. The molecule has 0 aliphatic rings. The molecule has 0 aliphatic heterocycles. The second-order valence-electron chi connectivity index (χ2n) is 6.22. The third kappa shape index (κ3) is 4.52. The Bertz CT molecular complexity index is 900. The number of nitrogens with one attached hydrogen (secondary N) is 1. The van der Waals surface area contributed by atoms with Crippen LogP contribution >= 0.6 is 11.8 Å². The smallest absolute Gasteiger partial charge is 0.255 e. The quantitative estimate of drug-likeness (QED) is 0.625. The van der Waals surface area contributed by atoms with Gasteiger partial charge in [-0.2, -0.15) is 0 Å². The predicted octanol–water partition coefficient (Wildman–Crippen LogP) is 6.02. The van der Waals surface area contributed by atoms with Crippen molar-refractivity contribution in [3.8, 4) is 0 Å². The summed E-state index contributed by atoms with van der Waals surface area (Å²) in [5, 5.41) is 2.95. The average molecular weight is 347 g/mol. The summed E-state index contributed by atoms with van der Waals surface area (Å²) in [6, 6.07) is 22.0. The first kappa shape index (κ1) is 17.3. The summed E-state index contributed by atoms with van der Waals surface area (Å²) in [5.74, 6) is -0.0846. The lowest BCUT2D eigenvalue weighted by atomic mass is 10.1. The molecule has 1 amide bonds. The van der Waals surface area contributed by atoms with E-state index in [1.54, 1.807) is 11.8 Å². The maximum Gasteiger partial charge on any atom is 0.255 e. The van der Waals surface area contributed by atoms with Gasteiger partial charge < -0.3 is 5.32 Å². The topological polar surface area (TPSA) is 29.1 Å². The monoisotopic (exact) mass is 347 g/mol. The second-order valence-corrected chi connectivity index (χ2v) is 7.33. The van der Waals surface area contributed by atoms with Crippen LogP contribution in [0.4, 0.5) is 5.69 Å². The molecule has 0 unspecified atom stereocenters. The highest BCUT2D eigenvalue weighted by atomic mass is 32.2. The first-order valence-electron chi connectivity index (χ1n) is 8.24. The van der Waals surface area contributed by atoms with Crippen LogP contribution in [0.1, 0.15) is 27.0 Å². The summed E-state index contributed by atoms with van der Waals surface area (Å²) in [5.41, 5.74) is 5.08. The van der Waals surface area contributed by atoms with Crippen molar-refractivity contribution < 1.29 is 4.79 Å². The molecule has 25 heavy (non-hydrogen) atoms. The summed E-state index contributed by atoms with van der Waals surface area (Å²) in [7, 11) is 0. The molecule has 0 spiro atoms. The van der Waals surface area contributed by atoms with E-state index in [4.69, 9.17) is 0 Å². The Hall–Kier alpha value is -2.52. The average Bonchev–Trinajstić information content (AvgIpc) is 2.60. The number of amides is 1. The molecular weight excluding hydrogens is 326 g/mol. The first-order chi connectivity index (χ1) is 12.0. The summed E-state index contributed by atoms with van der Waals surface area (Å²) in [6.45, 7) is 6.21. The fourth-order valence-electron chi connectivity index (χ4n) is 2.54. The van der Waals surface area contributed by atoms with Crippen LogP contribution in [0.2, 0.25) is 0 Å². The second kappa shape index (κ2) is 7.58. The molecule has 126 valence electrons. The van der Waals surface area contributed by atoms with Crippen molar-refractivity contribution in [1.82, 2.24) is 0 Å². The molecular formula is C22H21NOS. The molecule has 3 heteroatoms. The summed E-state index contributed by atoms with van der Waals surface area (Å²) in [4.78, 5) is 14.7. The molecule has 0 saturated carbocycles. The van der Waals surface area contributed by atoms with Crippen molar-refractivity contribution in [3.63, 3.8) is 0 Å². The van der Waals surface area contributed by atoms with Gasteiger partial charge in [0.15, 0.2) is 0 Å². The SMILES string of the molecule is Cc1cccc(C(=O)Nc2ccc(Sc3cc(C)ccc3C)cc2)c1. The Morgan fingerprint density at radius 2 is 1.56 bits per heavy atom. The van der Waals surface area contributed by atoms with Crippen LogP contribution in [0.3, 0.4) is 0 Å². The summed E-state index contributed by atoms with van der Waals surface area (Å²) >= 11 is 1.74. The number of aryl methyl sites for hydroxylation is 3. The number of benzene rings is 3. The predicted molar refractivity (Wildman–Crippen MR) is 106 cm³/mol. The summed E-state index contributed by atoms with van der Waals surface area (Å²) < 4.78 is 0. The Labute approximate surface area is 153 Å². The van der Waals surface area contributed by atoms with Gasteiger partial charge in [-0.25, -0.2) is 0 Å². The van der Waals surface area contributed by atoms with E-state index in [9.17, 15) is 4.79 Å². The minimum absolute atomic E-state index is 0.0846. The van der Waals surface area contributed by atoms with Crippen LogP contribution in [-0.2, 0) is 0 Å². The van der Waals surface area contributed by atoms with E-state index in [0.717, 1.165) is 16.1 Å². The standard InChI is InChI=1S/C22H21NOS/c1-15-5-4-6-18(13-15)22(24)23-19-9-11-20(12-10-19)25-21-14-16(2)7-8-17(21)3/h4-14H,1-3H3,(H,23,24). The van der Waals surface area contributed by atoms with Crippen LogP contribution < -0.4 is 5.32 Å². The molecule has 3 aromatic rings. The molecule has 3 rings (SSSR count). The van der Waals surface area contributed by atoms with Gasteiger partial charge in [0.2, 0.25) is 0 Å². The Morgan fingerprint density at radius 1 is 0.840 bits per heavy atom. The van der Waals surface area contributed by atoms with Gasteiger partial charge in [-0.15, -0.1) is 0 Å². The number of carbonyl (C=O) groups excluding carboxylic acids is 1. The van der Waals surface area contributed by atoms with Gasteiger partial charge in [0.1, 0.15) is 0 Å². The minimum atomic E-state index is -0.0846. The van der Waals surface area contributed by atoms with Crippen molar-refractivity contribution in [2.75, 3.05) is 5.32 Å². The maximum atomic E-state index is 12.3. The van der Waals surface area contributed by atoms with E-state index in [1.165, 1.54) is 16.0 Å². The fourth-order valence-corrected chi connectivity index (χ4v) is 3.54. The van der Waals surface area contributed by atoms with Crippen LogP contribution in [-0.4, -0.2) is 5.91 Å². The van der Waals surface area contributed by atoms with Gasteiger partial charge in [0.05, 0.1) is 0 Å². The van der Waals surface area contributed by atoms with Crippen LogP contribution in [0, 0.1) is 20.8 Å². The zero-order valence-corrected chi connectivity index (χ0v) is 15.5. The number of carbonyl (C=O) groups is 1. The van der Waals surface area contributed by atoms with E-state index in [1.807, 2.05) is 55.5 Å². The first-order valence-corrected chi connectivity index (χ1v) is 9.06. The molecule has 1 N–H and O–H groups in total. The molecule has 0 atom stereocenters. The van der Waals surface area contributed by atoms with Gasteiger partial charge >= 0.3 is 0 Å². The Morgan fingerprint density at radius 3 is 2.28 bits per heavy atom. The fraction of sp³-hybridized carbons (Fsp3) is 0.136. The van der Waals surface area contributed by atoms with Gasteiger partial charge in [0, 0.05) is 21.0 Å². The molecule has 0 radical (unpaired) electrons. The normalized spacial score (nSPS) is 10.5. The molecule has 0 heterocycles. The summed E-state index contributed by atoms with van der Waals surface area (Å²) in [6.07, 6.45) is 0. The lowest BCUT2D eigenvalue weighted by Gasteiger charge is -2.09. The zero-order chi connectivity index (χ0) is 17.8. The molecule has 2 nitrogen and oxygen atoms in total. The van der Waals surface area contributed by atoms with Crippen molar-refractivity contribution >= 4 is 23.4 Å². The van der Waals surface area contributed by atoms with E-state index in [-0.39, 0.29) is 5.91 Å². The van der Waals surface area contributed by atoms with E-state index in [2.05, 4.69) is 37.4 Å². The number of rotatable bonds is 4. The van der Waals surface area contributed by atoms with Crippen molar-refractivity contribution in [1.29, 1.82) is 0 Å². The largest absolute Gasteiger partial charge is 0.322 e. The minimum Gasteiger partial charge on any atom is -0.322 e. The third-order valence-electron chi connectivity index (χ3n) is 3.96. The van der Waals surface area contributed by atoms with Gasteiger partial charge in [-0.05, 0) is 74.4 Å². The molecule has 0 bridgehead atoms. The zero-order valence-electron chi connectivity index (χ0n) is 14.7. The molecule has 0 aromatic heterocycles. The van der Waals surface area contributed by atoms with Gasteiger partial charge in [-0.1, -0.05) is 41.6 Å². The van der Waals surface area contributed by atoms with Crippen LogP contribution in [0.5, 0.6) is 0 Å². The van der Waals surface area contributed by atoms with Gasteiger partial charge in [-0.3, -0.25) is 4.79 Å². The van der Waals surface area contributed by atoms with Crippen molar-refractivity contribution in [2.24, 2.45) is 0 Å². The van der Waals surface area contributed by atoms with E-state index in [0.29, 0.717) is 5.56 Å². The number of hydrogen-bond donors (Lipinski definition) is 1. The number of hydrogen-bond acceptors (Lipinski definition) is 2. The van der Waals surface area contributed by atoms with Crippen LogP contribution in [0.15, 0.2) is 76.5 Å². The van der Waals surface area contributed by atoms with Gasteiger partial charge in [0.25, 0.3) is 5.91 Å². The Kier molecular flexibility index (Phi) is 5.25. The van der Waals surface area contributed by atoms with E-state index >= 15 is 0 Å². The highest BCUT2D eigenvalue weighted by molar-refractivity contribution is 7.99. The molecule has 3 aromatic carbocycles. The van der Waals surface area contributed by atoms with Crippen molar-refractivity contribution in [2.45, 2.75) is 30.6 Å².